The molecule has 0 aliphatic carbocycles. The van der Waals surface area contributed by atoms with Crippen molar-refractivity contribution < 1.29 is 9.83 Å². The maximum absolute atomic E-state index is 9.78. The van der Waals surface area contributed by atoms with Crippen molar-refractivity contribution in [1.29, 1.82) is 0 Å². The lowest BCUT2D eigenvalue weighted by Gasteiger charge is -2.39. The van der Waals surface area contributed by atoms with Gasteiger partial charge in [-0.25, -0.2) is 0 Å². The molecule has 0 unspecified atom stereocenters. The average Bonchev–Trinajstić information content (AvgIpc) is 2.41. The van der Waals surface area contributed by atoms with Gasteiger partial charge >= 0.3 is 8.32 Å². The second kappa shape index (κ2) is 5.29. The average molecular weight is 272 g/mol. The molecular weight excluding hydrogens is 252 g/mol. The molecule has 0 aliphatic rings. The molecule has 0 saturated heterocycles. The lowest BCUT2D eigenvalue weighted by atomic mass is 10.2. The van der Waals surface area contributed by atoms with Gasteiger partial charge in [0.25, 0.3) is 0 Å². The van der Waals surface area contributed by atoms with Gasteiger partial charge in [-0.3, -0.25) is 9.83 Å². The van der Waals surface area contributed by atoms with Crippen molar-refractivity contribution in [3.05, 3.63) is 60.7 Å². The fraction of sp³-hybridized carbons (Fsp3) is 0.250. The van der Waals surface area contributed by atoms with Gasteiger partial charge in [-0.05, 0) is 15.4 Å². The van der Waals surface area contributed by atoms with Crippen LogP contribution in [0.1, 0.15) is 20.8 Å². The summed E-state index contributed by atoms with van der Waals surface area (Å²) in [5.41, 5.74) is 0. The summed E-state index contributed by atoms with van der Waals surface area (Å²) in [5, 5.41) is 11.8. The van der Waals surface area contributed by atoms with Gasteiger partial charge < -0.3 is 0 Å². The Morgan fingerprint density at radius 2 is 1.16 bits per heavy atom. The predicted molar refractivity (Wildman–Crippen MR) is 81.3 cm³/mol. The highest BCUT2D eigenvalue weighted by molar-refractivity contribution is 6.99. The predicted octanol–water partition coefficient (Wildman–Crippen LogP) is 3.04. The van der Waals surface area contributed by atoms with Crippen LogP contribution in [-0.2, 0) is 4.58 Å². The van der Waals surface area contributed by atoms with Crippen molar-refractivity contribution >= 4 is 18.7 Å². The molecule has 2 nitrogen and oxygen atoms in total. The van der Waals surface area contributed by atoms with Gasteiger partial charge in [-0.2, -0.15) is 0 Å². The standard InChI is InChI=1S/C16H20O2Si/c1-16(2,3)19(18-17,14-10-6-4-7-11-14)15-12-8-5-9-13-15/h4-13,17H,1-3H3. The molecule has 0 heterocycles. The van der Waals surface area contributed by atoms with Crippen LogP contribution in [0.2, 0.25) is 5.04 Å². The van der Waals surface area contributed by atoms with E-state index in [1.54, 1.807) is 0 Å². The number of rotatable bonds is 3. The molecule has 100 valence electrons. The monoisotopic (exact) mass is 272 g/mol. The molecule has 0 fully saturated rings. The van der Waals surface area contributed by atoms with Gasteiger partial charge in [0, 0.05) is 0 Å². The van der Waals surface area contributed by atoms with Crippen LogP contribution >= 0.6 is 0 Å². The minimum Gasteiger partial charge on any atom is -0.277 e. The van der Waals surface area contributed by atoms with Crippen molar-refractivity contribution in [3.8, 4) is 0 Å². The fourth-order valence-corrected chi connectivity index (χ4v) is 6.49. The largest absolute Gasteiger partial charge is 0.305 e. The Hall–Kier alpha value is -1.42. The highest BCUT2D eigenvalue weighted by Crippen LogP contribution is 2.35. The third-order valence-corrected chi connectivity index (χ3v) is 8.23. The molecule has 0 radical (unpaired) electrons. The first-order valence-electron chi connectivity index (χ1n) is 6.46. The zero-order valence-electron chi connectivity index (χ0n) is 11.6. The number of benzene rings is 2. The topological polar surface area (TPSA) is 29.5 Å². The van der Waals surface area contributed by atoms with E-state index in [2.05, 4.69) is 20.8 Å². The number of hydrogen-bond acceptors (Lipinski definition) is 2. The van der Waals surface area contributed by atoms with E-state index >= 15 is 0 Å². The van der Waals surface area contributed by atoms with Gasteiger partial charge in [0.15, 0.2) is 0 Å². The van der Waals surface area contributed by atoms with Crippen LogP contribution in [0.3, 0.4) is 0 Å². The Kier molecular flexibility index (Phi) is 3.90. The van der Waals surface area contributed by atoms with Crippen LogP contribution in [0.5, 0.6) is 0 Å². The highest BCUT2D eigenvalue weighted by atomic mass is 28.4. The van der Waals surface area contributed by atoms with Gasteiger partial charge in [0.05, 0.1) is 0 Å². The van der Waals surface area contributed by atoms with Gasteiger partial charge in [-0.15, -0.1) is 0 Å². The molecule has 0 bridgehead atoms. The summed E-state index contributed by atoms with van der Waals surface area (Å²) >= 11 is 0. The summed E-state index contributed by atoms with van der Waals surface area (Å²) in [5.74, 6) is 0. The zero-order chi connectivity index (χ0) is 13.9. The second-order valence-electron chi connectivity index (χ2n) is 5.75. The van der Waals surface area contributed by atoms with Crippen LogP contribution in [0.4, 0.5) is 0 Å². The summed E-state index contributed by atoms with van der Waals surface area (Å²) in [6.45, 7) is 6.36. The van der Waals surface area contributed by atoms with Crippen LogP contribution in [0.15, 0.2) is 60.7 Å². The Labute approximate surface area is 115 Å². The molecule has 2 aromatic carbocycles. The Morgan fingerprint density at radius 1 is 0.789 bits per heavy atom. The van der Waals surface area contributed by atoms with E-state index in [9.17, 15) is 5.26 Å². The first kappa shape index (κ1) is 14.0. The van der Waals surface area contributed by atoms with E-state index < -0.39 is 8.32 Å². The molecular formula is C16H20O2Si. The third kappa shape index (κ3) is 2.37. The number of hydrogen-bond donors (Lipinski definition) is 1. The van der Waals surface area contributed by atoms with Gasteiger partial charge in [0.2, 0.25) is 0 Å². The maximum atomic E-state index is 9.78. The summed E-state index contributed by atoms with van der Waals surface area (Å²) in [4.78, 5) is 0. The van der Waals surface area contributed by atoms with Crippen LogP contribution < -0.4 is 10.4 Å². The van der Waals surface area contributed by atoms with Crippen molar-refractivity contribution in [1.82, 2.24) is 0 Å². The maximum Gasteiger partial charge on any atom is 0.305 e. The molecule has 0 amide bonds. The van der Waals surface area contributed by atoms with Crippen LogP contribution in [0.25, 0.3) is 0 Å². The highest BCUT2D eigenvalue weighted by Gasteiger charge is 2.51. The smallest absolute Gasteiger partial charge is 0.277 e. The lowest BCUT2D eigenvalue weighted by Crippen LogP contribution is -2.66. The van der Waals surface area contributed by atoms with Crippen molar-refractivity contribution in [2.45, 2.75) is 25.8 Å². The summed E-state index contributed by atoms with van der Waals surface area (Å²) in [6, 6.07) is 20.1. The first-order valence-corrected chi connectivity index (χ1v) is 8.37. The molecule has 1 N–H and O–H groups in total. The summed E-state index contributed by atoms with van der Waals surface area (Å²) < 4.78 is 5.21. The SMILES string of the molecule is CC(C)(C)[Si](OO)(c1ccccc1)c1ccccc1. The normalized spacial score (nSPS) is 12.4. The molecule has 3 heteroatoms. The van der Waals surface area contributed by atoms with Crippen LogP contribution in [0, 0.1) is 0 Å². The van der Waals surface area contributed by atoms with E-state index in [-0.39, 0.29) is 5.04 Å². The van der Waals surface area contributed by atoms with E-state index in [0.29, 0.717) is 0 Å². The molecule has 19 heavy (non-hydrogen) atoms. The zero-order valence-corrected chi connectivity index (χ0v) is 12.6. The fourth-order valence-electron chi connectivity index (χ4n) is 2.62. The van der Waals surface area contributed by atoms with Crippen molar-refractivity contribution in [2.75, 3.05) is 0 Å². The molecule has 0 atom stereocenters. The van der Waals surface area contributed by atoms with Crippen molar-refractivity contribution in [3.63, 3.8) is 0 Å². The Morgan fingerprint density at radius 3 is 1.42 bits per heavy atom. The molecule has 0 saturated carbocycles. The van der Waals surface area contributed by atoms with E-state index in [1.807, 2.05) is 60.7 Å². The van der Waals surface area contributed by atoms with Crippen LogP contribution in [-0.4, -0.2) is 13.6 Å². The molecule has 2 rings (SSSR count). The van der Waals surface area contributed by atoms with E-state index in [4.69, 9.17) is 4.58 Å². The van der Waals surface area contributed by atoms with E-state index in [0.717, 1.165) is 10.4 Å². The Balaban J connectivity index is 2.70. The third-order valence-electron chi connectivity index (χ3n) is 3.55. The van der Waals surface area contributed by atoms with Gasteiger partial charge in [-0.1, -0.05) is 81.4 Å². The molecule has 0 aliphatic heterocycles. The minimum absolute atomic E-state index is 0.162. The quantitative estimate of drug-likeness (QED) is 0.529. The molecule has 0 spiro atoms. The Bertz CT molecular complexity index is 478. The van der Waals surface area contributed by atoms with Crippen molar-refractivity contribution in [2.24, 2.45) is 0 Å². The second-order valence-corrected chi connectivity index (χ2v) is 9.95. The molecule has 2 aromatic rings. The lowest BCUT2D eigenvalue weighted by molar-refractivity contribution is -0.150. The van der Waals surface area contributed by atoms with E-state index in [1.165, 1.54) is 0 Å². The van der Waals surface area contributed by atoms with Gasteiger partial charge in [0.1, 0.15) is 0 Å². The molecule has 0 aromatic heterocycles. The summed E-state index contributed by atoms with van der Waals surface area (Å²) in [7, 11) is -2.67. The minimum atomic E-state index is -2.67. The summed E-state index contributed by atoms with van der Waals surface area (Å²) in [6.07, 6.45) is 0. The first-order chi connectivity index (χ1) is 9.02.